The molecule has 0 unspecified atom stereocenters. The molecule has 1 aromatic carbocycles. The van der Waals surface area contributed by atoms with Gasteiger partial charge in [0.2, 0.25) is 0 Å². The van der Waals surface area contributed by atoms with E-state index in [0.29, 0.717) is 42.5 Å². The van der Waals surface area contributed by atoms with Crippen LogP contribution in [-0.4, -0.2) is 49.9 Å². The van der Waals surface area contributed by atoms with Crippen LogP contribution in [-0.2, 0) is 15.9 Å². The molecule has 0 aliphatic carbocycles. The molecule has 1 fully saturated rings. The van der Waals surface area contributed by atoms with Gasteiger partial charge in [0.05, 0.1) is 13.2 Å². The zero-order valence-corrected chi connectivity index (χ0v) is 17.7. The Kier molecular flexibility index (Phi) is 8.19. The summed E-state index contributed by atoms with van der Waals surface area (Å²) in [6, 6.07) is 10.6. The molecule has 3 rings (SSSR count). The van der Waals surface area contributed by atoms with E-state index in [4.69, 9.17) is 21.1 Å². The number of aromatic nitrogens is 1. The predicted molar refractivity (Wildman–Crippen MR) is 114 cm³/mol. The van der Waals surface area contributed by atoms with Crippen LogP contribution >= 0.6 is 11.6 Å². The lowest BCUT2D eigenvalue weighted by atomic mass is 10.1. The third-order valence-corrected chi connectivity index (χ3v) is 4.91. The Morgan fingerprint density at radius 1 is 1.17 bits per heavy atom. The third-order valence-electron chi connectivity index (χ3n) is 4.67. The van der Waals surface area contributed by atoms with Crippen molar-refractivity contribution in [3.63, 3.8) is 0 Å². The van der Waals surface area contributed by atoms with Crippen LogP contribution in [0.3, 0.4) is 0 Å². The van der Waals surface area contributed by atoms with E-state index in [1.807, 2.05) is 18.2 Å². The first-order chi connectivity index (χ1) is 14.5. The molecule has 7 nitrogen and oxygen atoms in total. The summed E-state index contributed by atoms with van der Waals surface area (Å²) < 4.78 is 11.0. The molecule has 0 radical (unpaired) electrons. The summed E-state index contributed by atoms with van der Waals surface area (Å²) in [5.74, 6) is -0.594. The van der Waals surface area contributed by atoms with E-state index in [1.54, 1.807) is 12.1 Å². The Morgan fingerprint density at radius 3 is 2.70 bits per heavy atom. The number of carbonyl (C=O) groups excluding carboxylic acids is 2. The molecule has 8 heteroatoms. The number of benzene rings is 1. The van der Waals surface area contributed by atoms with E-state index in [-0.39, 0.29) is 23.8 Å². The van der Waals surface area contributed by atoms with E-state index in [1.165, 1.54) is 13.1 Å². The average molecular weight is 432 g/mol. The minimum atomic E-state index is -0.344. The second-order valence-corrected chi connectivity index (χ2v) is 7.48. The zero-order valence-electron chi connectivity index (χ0n) is 16.9. The summed E-state index contributed by atoms with van der Waals surface area (Å²) in [5, 5.41) is 6.07. The van der Waals surface area contributed by atoms with E-state index < -0.39 is 0 Å². The number of pyridine rings is 1. The van der Waals surface area contributed by atoms with Gasteiger partial charge in [0.15, 0.2) is 6.29 Å². The van der Waals surface area contributed by atoms with Crippen LogP contribution in [0.5, 0.6) is 0 Å². The minimum Gasteiger partial charge on any atom is -0.354 e. The first kappa shape index (κ1) is 22.2. The maximum Gasteiger partial charge on any atom is 0.269 e. The lowest BCUT2D eigenvalue weighted by Gasteiger charge is -2.23. The fraction of sp³-hybridized carbons (Fsp3) is 0.409. The van der Waals surface area contributed by atoms with Crippen molar-refractivity contribution in [3.05, 3.63) is 63.9 Å². The van der Waals surface area contributed by atoms with Crippen molar-refractivity contribution < 1.29 is 19.1 Å². The van der Waals surface area contributed by atoms with Crippen molar-refractivity contribution in [2.24, 2.45) is 0 Å². The third kappa shape index (κ3) is 6.52. The van der Waals surface area contributed by atoms with Gasteiger partial charge in [-0.2, -0.15) is 0 Å². The van der Waals surface area contributed by atoms with Gasteiger partial charge in [-0.25, -0.2) is 4.98 Å². The molecule has 2 aromatic rings. The summed E-state index contributed by atoms with van der Waals surface area (Å²) in [5.41, 5.74) is 2.16. The molecule has 0 atom stereocenters. The van der Waals surface area contributed by atoms with Crippen molar-refractivity contribution in [1.29, 1.82) is 0 Å². The highest BCUT2D eigenvalue weighted by atomic mass is 35.5. The van der Waals surface area contributed by atoms with Gasteiger partial charge in [-0.05, 0) is 42.7 Å². The van der Waals surface area contributed by atoms with Crippen LogP contribution in [0.25, 0.3) is 0 Å². The van der Waals surface area contributed by atoms with Crippen LogP contribution in [0.1, 0.15) is 51.4 Å². The molecule has 2 N–H and O–H groups in total. The van der Waals surface area contributed by atoms with Crippen LogP contribution in [0.4, 0.5) is 0 Å². The topological polar surface area (TPSA) is 89.6 Å². The lowest BCUT2D eigenvalue weighted by Crippen LogP contribution is -2.29. The predicted octanol–water partition coefficient (Wildman–Crippen LogP) is 2.96. The quantitative estimate of drug-likeness (QED) is 0.627. The summed E-state index contributed by atoms with van der Waals surface area (Å²) in [6.45, 7) is 1.92. The van der Waals surface area contributed by atoms with Crippen LogP contribution in [0.15, 0.2) is 36.4 Å². The number of carbonyl (C=O) groups is 2. The Labute approximate surface area is 181 Å². The Hall–Kier alpha value is -2.48. The summed E-state index contributed by atoms with van der Waals surface area (Å²) in [7, 11) is 1.53. The Morgan fingerprint density at radius 2 is 1.97 bits per heavy atom. The zero-order chi connectivity index (χ0) is 21.3. The van der Waals surface area contributed by atoms with Gasteiger partial charge in [0, 0.05) is 42.7 Å². The van der Waals surface area contributed by atoms with Gasteiger partial charge >= 0.3 is 0 Å². The normalized spacial score (nSPS) is 14.3. The van der Waals surface area contributed by atoms with Crippen LogP contribution in [0, 0.1) is 0 Å². The van der Waals surface area contributed by atoms with Crippen molar-refractivity contribution in [2.75, 3.05) is 26.8 Å². The fourth-order valence-electron chi connectivity index (χ4n) is 3.19. The first-order valence-electron chi connectivity index (χ1n) is 10.0. The number of rotatable bonds is 8. The lowest BCUT2D eigenvalue weighted by molar-refractivity contribution is -0.181. The molecule has 1 aliphatic rings. The Bertz CT molecular complexity index is 884. The monoisotopic (exact) mass is 431 g/mol. The van der Waals surface area contributed by atoms with E-state index in [0.717, 1.165) is 24.8 Å². The number of ether oxygens (including phenoxy) is 2. The van der Waals surface area contributed by atoms with Crippen molar-refractivity contribution in [1.82, 2.24) is 15.6 Å². The number of amides is 2. The average Bonchev–Trinajstić information content (AvgIpc) is 2.76. The maximum atomic E-state index is 12.7. The highest BCUT2D eigenvalue weighted by molar-refractivity contribution is 6.30. The number of hydrogen-bond acceptors (Lipinski definition) is 5. The number of nitrogens with zero attached hydrogens (tertiary/aromatic N) is 1. The number of nitrogens with one attached hydrogen (secondary N) is 2. The summed E-state index contributed by atoms with van der Waals surface area (Å²) >= 11 is 6.06. The van der Waals surface area contributed by atoms with Crippen LogP contribution < -0.4 is 10.6 Å². The largest absolute Gasteiger partial charge is 0.354 e. The maximum absolute atomic E-state index is 12.7. The minimum absolute atomic E-state index is 0.194. The fourth-order valence-corrected chi connectivity index (χ4v) is 3.40. The molecule has 1 saturated heterocycles. The van der Waals surface area contributed by atoms with Gasteiger partial charge in [-0.1, -0.05) is 23.7 Å². The molecule has 0 saturated carbocycles. The number of hydrogen-bond donors (Lipinski definition) is 2. The van der Waals surface area contributed by atoms with Crippen molar-refractivity contribution in [2.45, 2.75) is 32.0 Å². The molecule has 2 amide bonds. The molecule has 1 aromatic heterocycles. The molecule has 2 heterocycles. The molecule has 0 spiro atoms. The highest BCUT2D eigenvalue weighted by Gasteiger charge is 2.16. The van der Waals surface area contributed by atoms with E-state index in [2.05, 4.69) is 15.6 Å². The SMILES string of the molecule is CNC(=O)c1cc(C(=O)NCCCC2OCCCO2)cc(Cc2cccc(Cl)c2)n1. The number of halogens is 1. The summed E-state index contributed by atoms with van der Waals surface area (Å²) in [4.78, 5) is 29.2. The first-order valence-corrected chi connectivity index (χ1v) is 10.4. The van der Waals surface area contributed by atoms with Crippen molar-refractivity contribution >= 4 is 23.4 Å². The van der Waals surface area contributed by atoms with Gasteiger partial charge in [0.25, 0.3) is 11.8 Å². The van der Waals surface area contributed by atoms with Crippen LogP contribution in [0.2, 0.25) is 5.02 Å². The van der Waals surface area contributed by atoms with Gasteiger partial charge in [-0.15, -0.1) is 0 Å². The Balaban J connectivity index is 1.65. The van der Waals surface area contributed by atoms with Gasteiger partial charge < -0.3 is 20.1 Å². The summed E-state index contributed by atoms with van der Waals surface area (Å²) in [6.07, 6.45) is 2.64. The van der Waals surface area contributed by atoms with E-state index in [9.17, 15) is 9.59 Å². The smallest absolute Gasteiger partial charge is 0.269 e. The molecule has 0 bridgehead atoms. The molecular formula is C22H26ClN3O4. The van der Waals surface area contributed by atoms with Gasteiger partial charge in [0.1, 0.15) is 5.69 Å². The van der Waals surface area contributed by atoms with Crippen molar-refractivity contribution in [3.8, 4) is 0 Å². The second kappa shape index (κ2) is 11.1. The standard InChI is InChI=1S/C22H26ClN3O4/c1-24-22(28)19-14-16(13-18(26-19)12-15-5-2-6-17(23)11-15)21(27)25-8-3-7-20-29-9-4-10-30-20/h2,5-6,11,13-14,20H,3-4,7-10,12H2,1H3,(H,24,28)(H,25,27). The molecular weight excluding hydrogens is 406 g/mol. The molecule has 1 aliphatic heterocycles. The molecule has 160 valence electrons. The van der Waals surface area contributed by atoms with Gasteiger partial charge in [-0.3, -0.25) is 9.59 Å². The highest BCUT2D eigenvalue weighted by Crippen LogP contribution is 2.16. The van der Waals surface area contributed by atoms with E-state index >= 15 is 0 Å². The molecule has 30 heavy (non-hydrogen) atoms. The second-order valence-electron chi connectivity index (χ2n) is 7.04.